The molecule has 2 aromatic carbocycles. The molecule has 3 nitrogen and oxygen atoms in total. The maximum absolute atomic E-state index is 12.9. The number of carbonyl (C=O) groups excluding carboxylic acids is 1. The Morgan fingerprint density at radius 2 is 1.86 bits per heavy atom. The van der Waals surface area contributed by atoms with E-state index >= 15 is 0 Å². The molecule has 0 heterocycles. The van der Waals surface area contributed by atoms with Crippen LogP contribution in [0.3, 0.4) is 0 Å². The fourth-order valence-corrected chi connectivity index (χ4v) is 1.89. The summed E-state index contributed by atoms with van der Waals surface area (Å²) in [5, 5.41) is 0. The molecule has 0 saturated heterocycles. The minimum absolute atomic E-state index is 0.205. The lowest BCUT2D eigenvalue weighted by Crippen LogP contribution is -2.26. The van der Waals surface area contributed by atoms with Crippen molar-refractivity contribution in [3.63, 3.8) is 0 Å². The third kappa shape index (κ3) is 3.47. The number of nitrogens with zero attached hydrogens (tertiary/aromatic N) is 1. The number of benzene rings is 2. The van der Waals surface area contributed by atoms with E-state index in [2.05, 4.69) is 11.8 Å². The monoisotopic (exact) mass is 282 g/mol. The zero-order valence-electron chi connectivity index (χ0n) is 11.6. The SMILES string of the molecule is CN(C(=O)c1ccccc1C#CCN)c1ccc(F)cc1. The summed E-state index contributed by atoms with van der Waals surface area (Å²) < 4.78 is 12.9. The van der Waals surface area contributed by atoms with Crippen molar-refractivity contribution >= 4 is 11.6 Å². The Balaban J connectivity index is 2.33. The Morgan fingerprint density at radius 1 is 1.19 bits per heavy atom. The van der Waals surface area contributed by atoms with Gasteiger partial charge >= 0.3 is 0 Å². The quantitative estimate of drug-likeness (QED) is 0.860. The number of rotatable bonds is 2. The summed E-state index contributed by atoms with van der Waals surface area (Å²) in [7, 11) is 1.64. The Morgan fingerprint density at radius 3 is 2.52 bits per heavy atom. The van der Waals surface area contributed by atoms with E-state index in [1.807, 2.05) is 6.07 Å². The van der Waals surface area contributed by atoms with Gasteiger partial charge in [0.2, 0.25) is 0 Å². The van der Waals surface area contributed by atoms with Crippen molar-refractivity contribution in [2.24, 2.45) is 5.73 Å². The average molecular weight is 282 g/mol. The molecule has 2 aromatic rings. The van der Waals surface area contributed by atoms with Gasteiger partial charge in [-0.3, -0.25) is 4.79 Å². The highest BCUT2D eigenvalue weighted by atomic mass is 19.1. The highest BCUT2D eigenvalue weighted by Crippen LogP contribution is 2.17. The van der Waals surface area contributed by atoms with Crippen LogP contribution in [0, 0.1) is 17.7 Å². The zero-order valence-corrected chi connectivity index (χ0v) is 11.6. The molecular weight excluding hydrogens is 267 g/mol. The van der Waals surface area contributed by atoms with Crippen LogP contribution in [0.25, 0.3) is 0 Å². The summed E-state index contributed by atoms with van der Waals surface area (Å²) in [6, 6.07) is 12.8. The predicted molar refractivity (Wildman–Crippen MR) is 81.5 cm³/mol. The van der Waals surface area contributed by atoms with E-state index < -0.39 is 0 Å². The standard InChI is InChI=1S/C17H15FN2O/c1-20(15-10-8-14(18)9-11-15)17(21)16-7-3-2-5-13(16)6-4-12-19/h2-3,5,7-11H,12,19H2,1H3. The molecule has 0 saturated carbocycles. The van der Waals surface area contributed by atoms with E-state index in [-0.39, 0.29) is 18.3 Å². The smallest absolute Gasteiger partial charge is 0.259 e. The minimum Gasteiger partial charge on any atom is -0.320 e. The topological polar surface area (TPSA) is 46.3 Å². The summed E-state index contributed by atoms with van der Waals surface area (Å²) in [6.45, 7) is 0.232. The van der Waals surface area contributed by atoms with Gasteiger partial charge in [-0.1, -0.05) is 24.0 Å². The van der Waals surface area contributed by atoms with E-state index in [9.17, 15) is 9.18 Å². The fraction of sp³-hybridized carbons (Fsp3) is 0.118. The first-order valence-corrected chi connectivity index (χ1v) is 6.45. The van der Waals surface area contributed by atoms with Crippen LogP contribution in [0.15, 0.2) is 48.5 Å². The Bertz CT molecular complexity index is 699. The lowest BCUT2D eigenvalue weighted by molar-refractivity contribution is 0.0993. The Labute approximate surface area is 123 Å². The molecule has 0 aliphatic carbocycles. The molecule has 0 fully saturated rings. The molecule has 0 radical (unpaired) electrons. The second-order valence-electron chi connectivity index (χ2n) is 4.39. The zero-order chi connectivity index (χ0) is 15.2. The maximum atomic E-state index is 12.9. The van der Waals surface area contributed by atoms with Crippen molar-refractivity contribution in [1.29, 1.82) is 0 Å². The van der Waals surface area contributed by atoms with Crippen LogP contribution in [0.1, 0.15) is 15.9 Å². The number of carbonyl (C=O) groups is 1. The summed E-state index contributed by atoms with van der Waals surface area (Å²) in [5.74, 6) is 5.09. The van der Waals surface area contributed by atoms with Gasteiger partial charge in [-0.2, -0.15) is 0 Å². The van der Waals surface area contributed by atoms with Gasteiger partial charge in [0.15, 0.2) is 0 Å². The first-order valence-electron chi connectivity index (χ1n) is 6.45. The summed E-state index contributed by atoms with van der Waals surface area (Å²) in [5.41, 5.74) is 7.09. The highest BCUT2D eigenvalue weighted by molar-refractivity contribution is 6.07. The third-order valence-electron chi connectivity index (χ3n) is 3.00. The largest absolute Gasteiger partial charge is 0.320 e. The number of amides is 1. The molecular formula is C17H15FN2O. The number of halogens is 1. The van der Waals surface area contributed by atoms with Crippen LogP contribution in [0.2, 0.25) is 0 Å². The first kappa shape index (κ1) is 14.8. The van der Waals surface area contributed by atoms with Gasteiger partial charge in [0.25, 0.3) is 5.91 Å². The lowest BCUT2D eigenvalue weighted by Gasteiger charge is -2.18. The van der Waals surface area contributed by atoms with Gasteiger partial charge in [0, 0.05) is 18.3 Å². The van der Waals surface area contributed by atoms with Crippen LogP contribution in [-0.4, -0.2) is 19.5 Å². The van der Waals surface area contributed by atoms with Crippen molar-refractivity contribution in [2.75, 3.05) is 18.5 Å². The lowest BCUT2D eigenvalue weighted by atomic mass is 10.1. The molecule has 21 heavy (non-hydrogen) atoms. The van der Waals surface area contributed by atoms with Crippen LogP contribution >= 0.6 is 0 Å². The van der Waals surface area contributed by atoms with Crippen molar-refractivity contribution in [3.05, 3.63) is 65.5 Å². The summed E-state index contributed by atoms with van der Waals surface area (Å²) in [4.78, 5) is 14.0. The Kier molecular flexibility index (Phi) is 4.70. The van der Waals surface area contributed by atoms with E-state index in [4.69, 9.17) is 5.73 Å². The maximum Gasteiger partial charge on any atom is 0.259 e. The molecule has 0 atom stereocenters. The Hall–Kier alpha value is -2.64. The molecule has 106 valence electrons. The molecule has 0 aromatic heterocycles. The molecule has 0 bridgehead atoms. The fourth-order valence-electron chi connectivity index (χ4n) is 1.89. The first-order chi connectivity index (χ1) is 10.1. The average Bonchev–Trinajstić information content (AvgIpc) is 2.52. The van der Waals surface area contributed by atoms with Crippen molar-refractivity contribution in [2.45, 2.75) is 0 Å². The van der Waals surface area contributed by atoms with Gasteiger partial charge in [-0.25, -0.2) is 4.39 Å². The molecule has 2 N–H and O–H groups in total. The number of nitrogens with two attached hydrogens (primary N) is 1. The molecule has 0 unspecified atom stereocenters. The molecule has 0 aliphatic heterocycles. The van der Waals surface area contributed by atoms with Crippen molar-refractivity contribution < 1.29 is 9.18 Å². The minimum atomic E-state index is -0.339. The van der Waals surface area contributed by atoms with Gasteiger partial charge < -0.3 is 10.6 Å². The van der Waals surface area contributed by atoms with E-state index in [0.29, 0.717) is 16.8 Å². The molecule has 0 spiro atoms. The van der Waals surface area contributed by atoms with Gasteiger partial charge in [-0.05, 0) is 36.4 Å². The highest BCUT2D eigenvalue weighted by Gasteiger charge is 2.16. The van der Waals surface area contributed by atoms with Crippen LogP contribution in [-0.2, 0) is 0 Å². The molecule has 1 amide bonds. The summed E-state index contributed by atoms with van der Waals surface area (Å²) in [6.07, 6.45) is 0. The van der Waals surface area contributed by atoms with Crippen molar-refractivity contribution in [1.82, 2.24) is 0 Å². The number of hydrogen-bond donors (Lipinski definition) is 1. The molecule has 2 rings (SSSR count). The second-order valence-corrected chi connectivity index (χ2v) is 4.39. The van der Waals surface area contributed by atoms with Crippen LogP contribution in [0.5, 0.6) is 0 Å². The number of anilines is 1. The van der Waals surface area contributed by atoms with E-state index in [1.165, 1.54) is 17.0 Å². The van der Waals surface area contributed by atoms with E-state index in [0.717, 1.165) is 0 Å². The van der Waals surface area contributed by atoms with E-state index in [1.54, 1.807) is 37.4 Å². The third-order valence-corrected chi connectivity index (χ3v) is 3.00. The normalized spacial score (nSPS) is 9.67. The number of hydrogen-bond acceptors (Lipinski definition) is 2. The molecule has 0 aliphatic rings. The predicted octanol–water partition coefficient (Wildman–Crippen LogP) is 2.41. The van der Waals surface area contributed by atoms with Gasteiger partial charge in [0.05, 0.1) is 12.1 Å². The molecule has 4 heteroatoms. The van der Waals surface area contributed by atoms with Crippen molar-refractivity contribution in [3.8, 4) is 11.8 Å². The van der Waals surface area contributed by atoms with Crippen LogP contribution < -0.4 is 10.6 Å². The van der Waals surface area contributed by atoms with Gasteiger partial charge in [-0.15, -0.1) is 0 Å². The van der Waals surface area contributed by atoms with Crippen LogP contribution in [0.4, 0.5) is 10.1 Å². The van der Waals surface area contributed by atoms with Gasteiger partial charge in [0.1, 0.15) is 5.82 Å². The summed E-state index contributed by atoms with van der Waals surface area (Å²) >= 11 is 0. The second kappa shape index (κ2) is 6.69.